The topological polar surface area (TPSA) is 41.9 Å². The van der Waals surface area contributed by atoms with Crippen LogP contribution in [0.2, 0.25) is 10.0 Å². The molecular formula is C19H18Cl2N4S. The van der Waals surface area contributed by atoms with Crippen molar-refractivity contribution in [1.82, 2.24) is 9.78 Å². The van der Waals surface area contributed by atoms with Gasteiger partial charge in [0.1, 0.15) is 0 Å². The van der Waals surface area contributed by atoms with Crippen LogP contribution in [-0.2, 0) is 6.54 Å². The third-order valence-corrected chi connectivity index (χ3v) is 4.80. The van der Waals surface area contributed by atoms with Gasteiger partial charge in [0.15, 0.2) is 5.11 Å². The predicted octanol–water partition coefficient (Wildman–Crippen LogP) is 5.66. The molecule has 0 unspecified atom stereocenters. The van der Waals surface area contributed by atoms with E-state index in [-0.39, 0.29) is 0 Å². The molecule has 0 bridgehead atoms. The van der Waals surface area contributed by atoms with Crippen LogP contribution in [0.4, 0.5) is 11.4 Å². The van der Waals surface area contributed by atoms with Gasteiger partial charge in [0.05, 0.1) is 28.5 Å². The number of nitrogens with one attached hydrogen (secondary N) is 2. The van der Waals surface area contributed by atoms with Gasteiger partial charge in [0, 0.05) is 11.9 Å². The number of aryl methyl sites for hydroxylation is 2. The SMILES string of the molecule is Cc1ccc(C)c(NC(=S)Nc2cnn(Cc3ccc(Cl)c(Cl)c3)c2)c1. The van der Waals surface area contributed by atoms with Crippen molar-refractivity contribution < 1.29 is 0 Å². The molecule has 0 spiro atoms. The zero-order valence-electron chi connectivity index (χ0n) is 14.4. The number of hydrogen-bond donors (Lipinski definition) is 2. The molecule has 26 heavy (non-hydrogen) atoms. The summed E-state index contributed by atoms with van der Waals surface area (Å²) in [6.45, 7) is 4.68. The lowest BCUT2D eigenvalue weighted by Crippen LogP contribution is -2.19. The Bertz CT molecular complexity index is 952. The molecule has 0 fully saturated rings. The molecular weight excluding hydrogens is 387 g/mol. The smallest absolute Gasteiger partial charge is 0.175 e. The largest absolute Gasteiger partial charge is 0.332 e. The molecule has 0 aliphatic carbocycles. The van der Waals surface area contributed by atoms with E-state index in [0.717, 1.165) is 22.5 Å². The Balaban J connectivity index is 1.63. The number of benzene rings is 2. The van der Waals surface area contributed by atoms with E-state index in [1.54, 1.807) is 12.3 Å². The highest BCUT2D eigenvalue weighted by Gasteiger charge is 2.06. The van der Waals surface area contributed by atoms with Crippen LogP contribution in [0.5, 0.6) is 0 Å². The summed E-state index contributed by atoms with van der Waals surface area (Å²) in [5.41, 5.74) is 5.13. The molecule has 3 aromatic rings. The maximum Gasteiger partial charge on any atom is 0.175 e. The number of aromatic nitrogens is 2. The quantitative estimate of drug-likeness (QED) is 0.550. The lowest BCUT2D eigenvalue weighted by molar-refractivity contribution is 0.687. The van der Waals surface area contributed by atoms with Crippen molar-refractivity contribution in [3.63, 3.8) is 0 Å². The zero-order chi connectivity index (χ0) is 18.7. The molecule has 0 aliphatic heterocycles. The molecule has 2 N–H and O–H groups in total. The van der Waals surface area contributed by atoms with E-state index in [2.05, 4.69) is 33.9 Å². The van der Waals surface area contributed by atoms with Crippen LogP contribution in [0.3, 0.4) is 0 Å². The minimum absolute atomic E-state index is 0.521. The normalized spacial score (nSPS) is 10.6. The van der Waals surface area contributed by atoms with Gasteiger partial charge >= 0.3 is 0 Å². The van der Waals surface area contributed by atoms with Crippen molar-refractivity contribution in [2.75, 3.05) is 10.6 Å². The van der Waals surface area contributed by atoms with Gasteiger partial charge in [-0.15, -0.1) is 0 Å². The maximum atomic E-state index is 6.06. The summed E-state index contributed by atoms with van der Waals surface area (Å²) < 4.78 is 1.81. The van der Waals surface area contributed by atoms with Crippen LogP contribution in [0.25, 0.3) is 0 Å². The van der Waals surface area contributed by atoms with E-state index in [0.29, 0.717) is 21.7 Å². The van der Waals surface area contributed by atoms with E-state index >= 15 is 0 Å². The second-order valence-electron chi connectivity index (χ2n) is 6.07. The van der Waals surface area contributed by atoms with Crippen molar-refractivity contribution in [2.45, 2.75) is 20.4 Å². The van der Waals surface area contributed by atoms with Crippen LogP contribution >= 0.6 is 35.4 Å². The molecule has 0 atom stereocenters. The van der Waals surface area contributed by atoms with E-state index in [4.69, 9.17) is 35.4 Å². The highest BCUT2D eigenvalue weighted by molar-refractivity contribution is 7.80. The highest BCUT2D eigenvalue weighted by Crippen LogP contribution is 2.23. The van der Waals surface area contributed by atoms with Crippen molar-refractivity contribution in [3.8, 4) is 0 Å². The summed E-state index contributed by atoms with van der Waals surface area (Å²) >= 11 is 17.4. The number of hydrogen-bond acceptors (Lipinski definition) is 2. The van der Waals surface area contributed by atoms with E-state index in [9.17, 15) is 0 Å². The molecule has 2 aromatic carbocycles. The van der Waals surface area contributed by atoms with Gasteiger partial charge in [-0.25, -0.2) is 0 Å². The Morgan fingerprint density at radius 3 is 2.65 bits per heavy atom. The lowest BCUT2D eigenvalue weighted by atomic mass is 10.1. The molecule has 7 heteroatoms. The maximum absolute atomic E-state index is 6.06. The Morgan fingerprint density at radius 2 is 1.88 bits per heavy atom. The number of halogens is 2. The number of thiocarbonyl (C=S) groups is 1. The first-order chi connectivity index (χ1) is 12.4. The Kier molecular flexibility index (Phi) is 5.81. The molecule has 4 nitrogen and oxygen atoms in total. The Morgan fingerprint density at radius 1 is 1.08 bits per heavy atom. The first-order valence-corrected chi connectivity index (χ1v) is 9.19. The van der Waals surface area contributed by atoms with Crippen molar-refractivity contribution in [1.29, 1.82) is 0 Å². The number of anilines is 2. The van der Waals surface area contributed by atoms with E-state index < -0.39 is 0 Å². The molecule has 0 saturated carbocycles. The third-order valence-electron chi connectivity index (χ3n) is 3.86. The van der Waals surface area contributed by atoms with Crippen LogP contribution in [0.15, 0.2) is 48.8 Å². The first-order valence-electron chi connectivity index (χ1n) is 8.02. The molecule has 3 rings (SSSR count). The number of rotatable bonds is 4. The summed E-state index contributed by atoms with van der Waals surface area (Å²) in [7, 11) is 0. The van der Waals surface area contributed by atoms with Crippen LogP contribution in [-0.4, -0.2) is 14.9 Å². The average Bonchev–Trinajstić information content (AvgIpc) is 3.01. The molecule has 134 valence electrons. The molecule has 1 heterocycles. The summed E-state index contributed by atoms with van der Waals surface area (Å²) in [4.78, 5) is 0. The fourth-order valence-electron chi connectivity index (χ4n) is 2.49. The van der Waals surface area contributed by atoms with Crippen molar-refractivity contribution in [2.24, 2.45) is 0 Å². The average molecular weight is 405 g/mol. The molecule has 0 radical (unpaired) electrons. The first kappa shape index (κ1) is 18.7. The zero-order valence-corrected chi connectivity index (χ0v) is 16.7. The van der Waals surface area contributed by atoms with Gasteiger partial charge in [-0.1, -0.05) is 41.4 Å². The standard InChI is InChI=1S/C19H18Cl2N4S/c1-12-3-4-13(2)18(7-12)24-19(26)23-15-9-22-25(11-15)10-14-5-6-16(20)17(21)8-14/h3-9,11H,10H2,1-2H3,(H2,23,24,26). The van der Waals surface area contributed by atoms with Crippen LogP contribution in [0.1, 0.15) is 16.7 Å². The summed E-state index contributed by atoms with van der Waals surface area (Å²) in [5.74, 6) is 0. The van der Waals surface area contributed by atoms with Gasteiger partial charge in [-0.05, 0) is 61.0 Å². The van der Waals surface area contributed by atoms with Gasteiger partial charge in [0.2, 0.25) is 0 Å². The summed E-state index contributed by atoms with van der Waals surface area (Å²) in [6.07, 6.45) is 3.62. The monoisotopic (exact) mass is 404 g/mol. The fraction of sp³-hybridized carbons (Fsp3) is 0.158. The van der Waals surface area contributed by atoms with E-state index in [1.165, 1.54) is 5.56 Å². The molecule has 1 aromatic heterocycles. The Labute approximate surface area is 168 Å². The minimum atomic E-state index is 0.521. The van der Waals surface area contributed by atoms with Crippen LogP contribution in [0, 0.1) is 13.8 Å². The second kappa shape index (κ2) is 8.08. The van der Waals surface area contributed by atoms with Gasteiger partial charge in [-0.2, -0.15) is 5.10 Å². The van der Waals surface area contributed by atoms with Gasteiger partial charge in [0.25, 0.3) is 0 Å². The molecule has 0 amide bonds. The van der Waals surface area contributed by atoms with Crippen LogP contribution < -0.4 is 10.6 Å². The third kappa shape index (κ3) is 4.75. The molecule has 0 saturated heterocycles. The summed E-state index contributed by atoms with van der Waals surface area (Å²) in [6, 6.07) is 11.8. The highest BCUT2D eigenvalue weighted by atomic mass is 35.5. The second-order valence-corrected chi connectivity index (χ2v) is 7.30. The van der Waals surface area contributed by atoms with Gasteiger partial charge in [-0.3, -0.25) is 4.68 Å². The summed E-state index contributed by atoms with van der Waals surface area (Å²) in [5, 5.41) is 12.3. The molecule has 0 aliphatic rings. The minimum Gasteiger partial charge on any atom is -0.332 e. The predicted molar refractivity (Wildman–Crippen MR) is 114 cm³/mol. The lowest BCUT2D eigenvalue weighted by Gasteiger charge is -2.12. The van der Waals surface area contributed by atoms with Gasteiger partial charge < -0.3 is 10.6 Å². The van der Waals surface area contributed by atoms with Crippen molar-refractivity contribution >= 4 is 51.9 Å². The Hall–Kier alpha value is -2.08. The van der Waals surface area contributed by atoms with E-state index in [1.807, 2.05) is 36.9 Å². The fourth-order valence-corrected chi connectivity index (χ4v) is 3.04. The number of nitrogens with zero attached hydrogens (tertiary/aromatic N) is 2. The van der Waals surface area contributed by atoms with Crippen molar-refractivity contribution in [3.05, 3.63) is 75.5 Å².